The molecule has 1 amide bonds. The van der Waals surface area contributed by atoms with E-state index in [0.717, 1.165) is 24.3 Å². The maximum absolute atomic E-state index is 12.8. The molecule has 1 aliphatic rings. The molecule has 0 atom stereocenters. The lowest BCUT2D eigenvalue weighted by Crippen LogP contribution is -2.63. The molecule has 0 aliphatic carbocycles. The van der Waals surface area contributed by atoms with Gasteiger partial charge in [-0.05, 0) is 24.3 Å². The number of ether oxygens (including phenoxy) is 1. The molecule has 0 saturated carbocycles. The van der Waals surface area contributed by atoms with Crippen molar-refractivity contribution in [2.24, 2.45) is 5.73 Å². The van der Waals surface area contributed by atoms with Crippen LogP contribution in [-0.4, -0.2) is 33.1 Å². The van der Waals surface area contributed by atoms with Gasteiger partial charge in [0.25, 0.3) is 0 Å². The average Bonchev–Trinajstić information content (AvgIpc) is 2.25. The second-order valence-electron chi connectivity index (χ2n) is 4.48. The maximum Gasteiger partial charge on any atom is 0.241 e. The SMILES string of the molecule is NC(=O)CC1(NS(=O)(=O)c2ccc(F)cc2)COC1. The van der Waals surface area contributed by atoms with Crippen molar-refractivity contribution < 1.29 is 22.3 Å². The Hall–Kier alpha value is -1.51. The average molecular weight is 288 g/mol. The standard InChI is InChI=1S/C11H13FN2O4S/c12-8-1-3-9(4-2-8)19(16,17)14-11(5-10(13)15)6-18-7-11/h1-4,14H,5-7H2,(H2,13,15). The molecule has 0 spiro atoms. The molecule has 19 heavy (non-hydrogen) atoms. The fourth-order valence-electron chi connectivity index (χ4n) is 1.84. The summed E-state index contributed by atoms with van der Waals surface area (Å²) in [5, 5.41) is 0. The highest BCUT2D eigenvalue weighted by Gasteiger charge is 2.43. The molecule has 1 aromatic rings. The van der Waals surface area contributed by atoms with E-state index < -0.39 is 27.3 Å². The van der Waals surface area contributed by atoms with Crippen LogP contribution in [0.25, 0.3) is 0 Å². The Morgan fingerprint density at radius 2 is 1.95 bits per heavy atom. The van der Waals surface area contributed by atoms with Gasteiger partial charge in [-0.1, -0.05) is 0 Å². The van der Waals surface area contributed by atoms with E-state index in [9.17, 15) is 17.6 Å². The molecule has 104 valence electrons. The third kappa shape index (κ3) is 3.09. The van der Waals surface area contributed by atoms with Crippen molar-refractivity contribution in [2.75, 3.05) is 13.2 Å². The first-order valence-electron chi connectivity index (χ1n) is 5.49. The van der Waals surface area contributed by atoms with Gasteiger partial charge in [-0.2, -0.15) is 4.72 Å². The van der Waals surface area contributed by atoms with E-state index >= 15 is 0 Å². The van der Waals surface area contributed by atoms with Crippen LogP contribution in [0.3, 0.4) is 0 Å². The summed E-state index contributed by atoms with van der Waals surface area (Å²) in [7, 11) is -3.85. The molecule has 1 heterocycles. The van der Waals surface area contributed by atoms with Crippen LogP contribution in [0.1, 0.15) is 6.42 Å². The predicted molar refractivity (Wildman–Crippen MR) is 64.1 cm³/mol. The summed E-state index contributed by atoms with van der Waals surface area (Å²) in [6, 6.07) is 4.39. The first kappa shape index (κ1) is 13.9. The number of primary amides is 1. The number of rotatable bonds is 5. The molecule has 0 unspecified atom stereocenters. The van der Waals surface area contributed by atoms with Crippen molar-refractivity contribution in [3.05, 3.63) is 30.1 Å². The minimum Gasteiger partial charge on any atom is -0.377 e. The molecule has 0 radical (unpaired) electrons. The number of sulfonamides is 1. The molecular weight excluding hydrogens is 275 g/mol. The van der Waals surface area contributed by atoms with Crippen LogP contribution in [0.15, 0.2) is 29.2 Å². The van der Waals surface area contributed by atoms with Crippen LogP contribution in [0.5, 0.6) is 0 Å². The van der Waals surface area contributed by atoms with Crippen molar-refractivity contribution in [3.8, 4) is 0 Å². The van der Waals surface area contributed by atoms with E-state index in [4.69, 9.17) is 10.5 Å². The monoisotopic (exact) mass is 288 g/mol. The molecule has 8 heteroatoms. The van der Waals surface area contributed by atoms with E-state index in [1.807, 2.05) is 0 Å². The van der Waals surface area contributed by atoms with Gasteiger partial charge in [0.05, 0.1) is 30.1 Å². The van der Waals surface area contributed by atoms with Crippen molar-refractivity contribution in [2.45, 2.75) is 16.9 Å². The minimum atomic E-state index is -3.85. The Bertz CT molecular complexity index is 581. The Balaban J connectivity index is 2.21. The summed E-state index contributed by atoms with van der Waals surface area (Å²) in [5.74, 6) is -1.15. The number of carbonyl (C=O) groups is 1. The van der Waals surface area contributed by atoms with E-state index in [-0.39, 0.29) is 24.5 Å². The Labute approximate surface area is 109 Å². The van der Waals surface area contributed by atoms with Gasteiger partial charge in [-0.3, -0.25) is 4.79 Å². The van der Waals surface area contributed by atoms with Crippen LogP contribution in [0.2, 0.25) is 0 Å². The Morgan fingerprint density at radius 3 is 2.37 bits per heavy atom. The molecule has 1 saturated heterocycles. The molecule has 0 bridgehead atoms. The lowest BCUT2D eigenvalue weighted by Gasteiger charge is -2.40. The zero-order valence-electron chi connectivity index (χ0n) is 9.93. The van der Waals surface area contributed by atoms with Gasteiger partial charge in [0.2, 0.25) is 15.9 Å². The zero-order chi connectivity index (χ0) is 14.1. The number of halogens is 1. The first-order valence-corrected chi connectivity index (χ1v) is 6.97. The van der Waals surface area contributed by atoms with E-state index in [0.29, 0.717) is 0 Å². The summed E-state index contributed by atoms with van der Waals surface area (Å²) >= 11 is 0. The first-order chi connectivity index (χ1) is 8.83. The third-order valence-corrected chi connectivity index (χ3v) is 4.34. The minimum absolute atomic E-state index is 0.0790. The highest BCUT2D eigenvalue weighted by atomic mass is 32.2. The van der Waals surface area contributed by atoms with Crippen molar-refractivity contribution in [1.82, 2.24) is 4.72 Å². The molecule has 2 rings (SSSR count). The van der Waals surface area contributed by atoms with Crippen molar-refractivity contribution in [1.29, 1.82) is 0 Å². The lowest BCUT2D eigenvalue weighted by atomic mass is 9.94. The van der Waals surface area contributed by atoms with Gasteiger partial charge in [-0.25, -0.2) is 12.8 Å². The van der Waals surface area contributed by atoms with Gasteiger partial charge in [0.1, 0.15) is 5.82 Å². The molecular formula is C11H13FN2O4S. The fourth-order valence-corrected chi connectivity index (χ4v) is 3.21. The van der Waals surface area contributed by atoms with Crippen molar-refractivity contribution >= 4 is 15.9 Å². The van der Waals surface area contributed by atoms with Crippen molar-refractivity contribution in [3.63, 3.8) is 0 Å². The summed E-state index contributed by atoms with van der Waals surface area (Å²) < 4.78 is 44.3. The molecule has 1 fully saturated rings. The van der Waals surface area contributed by atoms with E-state index in [2.05, 4.69) is 4.72 Å². The van der Waals surface area contributed by atoms with Crippen LogP contribution >= 0.6 is 0 Å². The van der Waals surface area contributed by atoms with E-state index in [1.165, 1.54) is 0 Å². The summed E-state index contributed by atoms with van der Waals surface area (Å²) in [5.41, 5.74) is 4.09. The molecule has 1 aliphatic heterocycles. The Kier molecular flexibility index (Phi) is 3.57. The highest BCUT2D eigenvalue weighted by Crippen LogP contribution is 2.24. The van der Waals surface area contributed by atoms with Crippen LogP contribution in [0.4, 0.5) is 4.39 Å². The summed E-state index contributed by atoms with van der Waals surface area (Å²) in [6.07, 6.45) is -0.145. The number of benzene rings is 1. The largest absolute Gasteiger partial charge is 0.377 e. The lowest BCUT2D eigenvalue weighted by molar-refractivity contribution is -0.126. The Morgan fingerprint density at radius 1 is 1.37 bits per heavy atom. The third-order valence-electron chi connectivity index (χ3n) is 2.74. The van der Waals surface area contributed by atoms with Crippen LogP contribution in [-0.2, 0) is 19.6 Å². The molecule has 1 aromatic carbocycles. The van der Waals surface area contributed by atoms with Crippen LogP contribution < -0.4 is 10.5 Å². The number of hydrogen-bond acceptors (Lipinski definition) is 4. The second kappa shape index (κ2) is 4.87. The zero-order valence-corrected chi connectivity index (χ0v) is 10.7. The summed E-state index contributed by atoms with van der Waals surface area (Å²) in [6.45, 7) is 0.159. The quantitative estimate of drug-likeness (QED) is 0.780. The molecule has 3 N–H and O–H groups in total. The number of hydrogen-bond donors (Lipinski definition) is 2. The molecule has 0 aromatic heterocycles. The van der Waals surface area contributed by atoms with Gasteiger partial charge < -0.3 is 10.5 Å². The number of amides is 1. The maximum atomic E-state index is 12.8. The van der Waals surface area contributed by atoms with E-state index in [1.54, 1.807) is 0 Å². The fraction of sp³-hybridized carbons (Fsp3) is 0.364. The normalized spacial score (nSPS) is 17.7. The van der Waals surface area contributed by atoms with Gasteiger partial charge in [0.15, 0.2) is 0 Å². The summed E-state index contributed by atoms with van der Waals surface area (Å²) in [4.78, 5) is 10.9. The second-order valence-corrected chi connectivity index (χ2v) is 6.16. The topological polar surface area (TPSA) is 98.5 Å². The van der Waals surface area contributed by atoms with Gasteiger partial charge in [0, 0.05) is 0 Å². The molecule has 6 nitrogen and oxygen atoms in total. The number of carbonyl (C=O) groups excluding carboxylic acids is 1. The highest BCUT2D eigenvalue weighted by molar-refractivity contribution is 7.89. The number of nitrogens with one attached hydrogen (secondary N) is 1. The smallest absolute Gasteiger partial charge is 0.241 e. The predicted octanol–water partition coefficient (Wildman–Crippen LogP) is -0.252. The van der Waals surface area contributed by atoms with Gasteiger partial charge >= 0.3 is 0 Å². The van der Waals surface area contributed by atoms with Gasteiger partial charge in [-0.15, -0.1) is 0 Å². The van der Waals surface area contributed by atoms with Crippen LogP contribution in [0, 0.1) is 5.82 Å². The number of nitrogens with two attached hydrogens (primary N) is 1.